The number of nitrogen functional groups attached to an aromatic ring is 1. The van der Waals surface area contributed by atoms with Gasteiger partial charge in [0, 0.05) is 12.0 Å². The van der Waals surface area contributed by atoms with Crippen molar-refractivity contribution < 1.29 is 35.9 Å². The normalized spacial score (nSPS) is 25.1. The van der Waals surface area contributed by atoms with Crippen LogP contribution in [-0.4, -0.2) is 35.4 Å². The maximum Gasteiger partial charge on any atom is 0.397 e. The Kier molecular flexibility index (Phi) is 7.59. The summed E-state index contributed by atoms with van der Waals surface area (Å²) in [6.45, 7) is -1.55. The minimum atomic E-state index is -1.75. The van der Waals surface area contributed by atoms with Crippen molar-refractivity contribution in [3.8, 4) is 5.75 Å². The summed E-state index contributed by atoms with van der Waals surface area (Å²) in [6.07, 6.45) is -2.63. The second-order valence-corrected chi connectivity index (χ2v) is 7.28. The SMILES string of the molecule is FCF.Nc1nc(=O)n(C2CC(F)C(COP3OCc4ccccc4O3)O2)cc1F. The molecule has 1 saturated heterocycles. The quantitative estimate of drug-likeness (QED) is 0.563. The van der Waals surface area contributed by atoms with Gasteiger partial charge in [-0.3, -0.25) is 13.6 Å². The van der Waals surface area contributed by atoms with Crippen LogP contribution in [0.25, 0.3) is 0 Å². The van der Waals surface area contributed by atoms with E-state index in [4.69, 9.17) is 24.0 Å². The second kappa shape index (κ2) is 10.2. The summed E-state index contributed by atoms with van der Waals surface area (Å²) in [6, 6.07) is 7.38. The number of ether oxygens (including phenoxy) is 1. The standard InChI is InChI=1S/C16H16F2N3O5P.CH2F2/c17-10-5-14(21-6-11(18)15(19)20-16(21)22)25-13(10)8-24-27-23-7-9-3-1-2-4-12(9)26-27;2-1-3/h1-4,6,10,13-14H,5,7-8H2,(H2,19,20,22);1H2. The van der Waals surface area contributed by atoms with Crippen molar-refractivity contribution in [3.63, 3.8) is 0 Å². The summed E-state index contributed by atoms with van der Waals surface area (Å²) in [7, 11) is -1.68. The summed E-state index contributed by atoms with van der Waals surface area (Å²) in [5.74, 6) is -0.730. The number of benzene rings is 1. The predicted molar refractivity (Wildman–Crippen MR) is 98.1 cm³/mol. The maximum atomic E-state index is 14.3. The molecule has 8 nitrogen and oxygen atoms in total. The number of fused-ring (bicyclic) bond motifs is 1. The molecule has 30 heavy (non-hydrogen) atoms. The van der Waals surface area contributed by atoms with Gasteiger partial charge in [-0.2, -0.15) is 4.98 Å². The number of alkyl halides is 3. The number of hydrogen-bond donors (Lipinski definition) is 1. The van der Waals surface area contributed by atoms with Gasteiger partial charge in [0.1, 0.15) is 24.3 Å². The minimum absolute atomic E-state index is 0.134. The van der Waals surface area contributed by atoms with Gasteiger partial charge in [-0.1, -0.05) is 18.2 Å². The summed E-state index contributed by atoms with van der Waals surface area (Å²) in [5, 5.41) is 0. The van der Waals surface area contributed by atoms with E-state index in [-0.39, 0.29) is 13.0 Å². The smallest absolute Gasteiger partial charge is 0.397 e. The van der Waals surface area contributed by atoms with Gasteiger partial charge in [0.05, 0.1) is 19.4 Å². The van der Waals surface area contributed by atoms with Crippen LogP contribution in [0.1, 0.15) is 18.2 Å². The van der Waals surface area contributed by atoms with Gasteiger partial charge in [-0.05, 0) is 6.07 Å². The van der Waals surface area contributed by atoms with Gasteiger partial charge < -0.3 is 15.0 Å². The number of rotatable bonds is 4. The molecule has 4 unspecified atom stereocenters. The van der Waals surface area contributed by atoms with Gasteiger partial charge in [0.2, 0.25) is 6.93 Å². The Morgan fingerprint density at radius 3 is 2.83 bits per heavy atom. The third kappa shape index (κ3) is 5.25. The zero-order chi connectivity index (χ0) is 21.7. The first-order valence-electron chi connectivity index (χ1n) is 8.70. The van der Waals surface area contributed by atoms with Gasteiger partial charge in [-0.25, -0.2) is 22.4 Å². The number of hydrogen-bond acceptors (Lipinski definition) is 7. The molecule has 0 amide bonds. The third-order valence-electron chi connectivity index (χ3n) is 4.22. The lowest BCUT2D eigenvalue weighted by Crippen LogP contribution is -2.29. The van der Waals surface area contributed by atoms with Crippen LogP contribution in [-0.2, 0) is 20.4 Å². The van der Waals surface area contributed by atoms with Crippen molar-refractivity contribution in [2.75, 3.05) is 19.3 Å². The average Bonchev–Trinajstić information content (AvgIpc) is 3.10. The molecule has 2 aromatic rings. The summed E-state index contributed by atoms with van der Waals surface area (Å²) in [4.78, 5) is 15.2. The Morgan fingerprint density at radius 2 is 2.07 bits per heavy atom. The van der Waals surface area contributed by atoms with Crippen molar-refractivity contribution in [1.82, 2.24) is 9.55 Å². The van der Waals surface area contributed by atoms with E-state index in [0.717, 1.165) is 16.3 Å². The van der Waals surface area contributed by atoms with Crippen LogP contribution < -0.4 is 15.9 Å². The molecule has 1 aromatic heterocycles. The molecule has 1 fully saturated rings. The van der Waals surface area contributed by atoms with Crippen molar-refractivity contribution in [2.45, 2.75) is 31.5 Å². The first-order chi connectivity index (χ1) is 14.4. The summed E-state index contributed by atoms with van der Waals surface area (Å²) < 4.78 is 70.1. The average molecular weight is 451 g/mol. The molecular weight excluding hydrogens is 433 g/mol. The lowest BCUT2D eigenvalue weighted by Gasteiger charge is -2.24. The first-order valence-corrected chi connectivity index (χ1v) is 9.80. The predicted octanol–water partition coefficient (Wildman–Crippen LogP) is 3.33. The molecule has 2 N–H and O–H groups in total. The molecule has 2 aliphatic heterocycles. The van der Waals surface area contributed by atoms with Crippen molar-refractivity contribution in [3.05, 3.63) is 52.3 Å². The Bertz CT molecular complexity index is 921. The molecule has 3 heterocycles. The molecule has 164 valence electrons. The van der Waals surface area contributed by atoms with E-state index in [9.17, 15) is 22.4 Å². The van der Waals surface area contributed by atoms with Crippen LogP contribution in [0, 0.1) is 5.82 Å². The molecule has 0 spiro atoms. The van der Waals surface area contributed by atoms with Crippen LogP contribution in [0.5, 0.6) is 5.75 Å². The van der Waals surface area contributed by atoms with Crippen molar-refractivity contribution in [2.24, 2.45) is 0 Å². The number of nitrogens with zero attached hydrogens (tertiary/aromatic N) is 2. The monoisotopic (exact) mass is 451 g/mol. The molecule has 4 rings (SSSR count). The molecule has 2 aliphatic rings. The number of halogens is 4. The van der Waals surface area contributed by atoms with E-state index in [0.29, 0.717) is 12.4 Å². The van der Waals surface area contributed by atoms with E-state index in [2.05, 4.69) is 4.98 Å². The highest BCUT2D eigenvalue weighted by Crippen LogP contribution is 2.47. The summed E-state index contributed by atoms with van der Waals surface area (Å²) in [5.41, 5.74) is 5.34. The van der Waals surface area contributed by atoms with Crippen LogP contribution in [0.2, 0.25) is 0 Å². The zero-order valence-electron chi connectivity index (χ0n) is 15.4. The number of nitrogens with two attached hydrogens (primary N) is 1. The van der Waals surface area contributed by atoms with Crippen molar-refractivity contribution in [1.29, 1.82) is 0 Å². The highest BCUT2D eigenvalue weighted by Gasteiger charge is 2.38. The largest absolute Gasteiger partial charge is 0.426 e. The fourth-order valence-corrected chi connectivity index (χ4v) is 3.84. The fraction of sp³-hybridized carbons (Fsp3) is 0.412. The zero-order valence-corrected chi connectivity index (χ0v) is 16.3. The Balaban J connectivity index is 0.000000806. The highest BCUT2D eigenvalue weighted by atomic mass is 31.2. The molecule has 1 aromatic carbocycles. The fourth-order valence-electron chi connectivity index (χ4n) is 2.81. The van der Waals surface area contributed by atoms with Gasteiger partial charge >= 0.3 is 14.3 Å². The highest BCUT2D eigenvalue weighted by molar-refractivity contribution is 7.42. The van der Waals surface area contributed by atoms with Gasteiger partial charge in [-0.15, -0.1) is 0 Å². The van der Waals surface area contributed by atoms with Crippen LogP contribution in [0.15, 0.2) is 35.3 Å². The molecule has 4 atom stereocenters. The Hall–Kier alpha value is -2.27. The lowest BCUT2D eigenvalue weighted by molar-refractivity contribution is -0.0338. The Labute approximate surface area is 169 Å². The van der Waals surface area contributed by atoms with Crippen LogP contribution in [0.4, 0.5) is 23.4 Å². The number of aromatic nitrogens is 2. The molecule has 0 aliphatic carbocycles. The van der Waals surface area contributed by atoms with E-state index >= 15 is 0 Å². The van der Waals surface area contributed by atoms with Gasteiger partial charge in [0.15, 0.2) is 11.6 Å². The van der Waals surface area contributed by atoms with E-state index in [1.807, 2.05) is 18.2 Å². The van der Waals surface area contributed by atoms with Gasteiger partial charge in [0.25, 0.3) is 0 Å². The number of anilines is 1. The summed E-state index contributed by atoms with van der Waals surface area (Å²) >= 11 is 0. The minimum Gasteiger partial charge on any atom is -0.426 e. The molecule has 0 bridgehead atoms. The number of para-hydroxylation sites is 1. The molecule has 13 heteroatoms. The van der Waals surface area contributed by atoms with Crippen LogP contribution in [0.3, 0.4) is 0 Å². The topological polar surface area (TPSA) is 97.8 Å². The third-order valence-corrected chi connectivity index (χ3v) is 5.27. The van der Waals surface area contributed by atoms with E-state index < -0.39 is 51.4 Å². The maximum absolute atomic E-state index is 14.3. The van der Waals surface area contributed by atoms with Crippen LogP contribution >= 0.6 is 8.60 Å². The molecule has 0 radical (unpaired) electrons. The lowest BCUT2D eigenvalue weighted by atomic mass is 10.2. The van der Waals surface area contributed by atoms with E-state index in [1.54, 1.807) is 6.07 Å². The molecular formula is C17H18F4N3O5P. The first kappa shape index (κ1) is 22.4. The second-order valence-electron chi connectivity index (χ2n) is 6.14. The Morgan fingerprint density at radius 1 is 1.33 bits per heavy atom. The van der Waals surface area contributed by atoms with E-state index in [1.165, 1.54) is 0 Å². The van der Waals surface area contributed by atoms with Crippen molar-refractivity contribution >= 4 is 14.4 Å². The molecule has 0 saturated carbocycles.